The van der Waals surface area contributed by atoms with Gasteiger partial charge in [-0.1, -0.05) is 67.6 Å². The van der Waals surface area contributed by atoms with Crippen molar-refractivity contribution in [2.45, 2.75) is 19.3 Å². The number of hydrogen-bond donors (Lipinski definition) is 0. The Labute approximate surface area is 152 Å². The van der Waals surface area contributed by atoms with Gasteiger partial charge in [0, 0.05) is 6.42 Å². The molecule has 0 aliphatic rings. The first-order chi connectivity index (χ1) is 12.7. The maximum Gasteiger partial charge on any atom is 0.265 e. The lowest BCUT2D eigenvalue weighted by molar-refractivity contribution is 0.690. The van der Waals surface area contributed by atoms with Crippen LogP contribution in [0.2, 0.25) is 0 Å². The van der Waals surface area contributed by atoms with Gasteiger partial charge in [-0.3, -0.25) is 9.36 Å². The summed E-state index contributed by atoms with van der Waals surface area (Å²) in [5, 5.41) is 0.646. The Kier molecular flexibility index (Phi) is 4.36. The number of rotatable bonds is 4. The summed E-state index contributed by atoms with van der Waals surface area (Å²) >= 11 is 0. The average molecular weight is 340 g/mol. The van der Waals surface area contributed by atoms with Crippen molar-refractivity contribution in [2.75, 3.05) is 0 Å². The van der Waals surface area contributed by atoms with Gasteiger partial charge >= 0.3 is 0 Å². The number of fused-ring (bicyclic) bond motifs is 1. The first kappa shape index (κ1) is 16.3. The highest BCUT2D eigenvalue weighted by Gasteiger charge is 2.16. The van der Waals surface area contributed by atoms with Gasteiger partial charge in [0.05, 0.1) is 16.6 Å². The molecule has 1 unspecified atom stereocenters. The summed E-state index contributed by atoms with van der Waals surface area (Å²) in [4.78, 5) is 18.0. The Balaban J connectivity index is 1.88. The van der Waals surface area contributed by atoms with Crippen LogP contribution in [0, 0.1) is 0 Å². The molecule has 1 atom stereocenters. The Hall–Kier alpha value is -3.20. The molecule has 0 fully saturated rings. The highest BCUT2D eigenvalue weighted by molar-refractivity contribution is 5.77. The minimum atomic E-state index is -0.0166. The van der Waals surface area contributed by atoms with E-state index in [0.29, 0.717) is 11.8 Å². The molecule has 0 radical (unpaired) electrons. The van der Waals surface area contributed by atoms with Gasteiger partial charge in [0.15, 0.2) is 0 Å². The molecule has 1 heterocycles. The van der Waals surface area contributed by atoms with Gasteiger partial charge in [-0.2, -0.15) is 0 Å². The maximum atomic E-state index is 13.2. The van der Waals surface area contributed by atoms with Gasteiger partial charge in [-0.05, 0) is 35.7 Å². The molecule has 4 rings (SSSR count). The summed E-state index contributed by atoms with van der Waals surface area (Å²) in [5.74, 6) is 1.05. The second-order valence-electron chi connectivity index (χ2n) is 6.54. The summed E-state index contributed by atoms with van der Waals surface area (Å²) in [6, 6.07) is 27.7. The SMILES string of the molecule is CC(Cc1nc2ccccc2c(=O)n1-c1ccccc1)c1ccccc1. The maximum absolute atomic E-state index is 13.2. The predicted molar refractivity (Wildman–Crippen MR) is 106 cm³/mol. The van der Waals surface area contributed by atoms with Gasteiger partial charge in [0.25, 0.3) is 5.56 Å². The third-order valence-electron chi connectivity index (χ3n) is 4.72. The van der Waals surface area contributed by atoms with Crippen LogP contribution >= 0.6 is 0 Å². The van der Waals surface area contributed by atoms with Crippen molar-refractivity contribution in [3.8, 4) is 5.69 Å². The Bertz CT molecular complexity index is 1090. The van der Waals surface area contributed by atoms with Crippen molar-refractivity contribution in [2.24, 2.45) is 0 Å². The van der Waals surface area contributed by atoms with E-state index in [9.17, 15) is 4.79 Å². The fourth-order valence-electron chi connectivity index (χ4n) is 3.33. The lowest BCUT2D eigenvalue weighted by atomic mass is 9.97. The number of aromatic nitrogens is 2. The molecule has 1 aromatic heterocycles. The van der Waals surface area contributed by atoms with Crippen molar-refractivity contribution >= 4 is 10.9 Å². The van der Waals surface area contributed by atoms with Gasteiger partial charge in [0.1, 0.15) is 5.82 Å². The fourth-order valence-corrected chi connectivity index (χ4v) is 3.33. The molecule has 26 heavy (non-hydrogen) atoms. The van der Waals surface area contributed by atoms with Crippen LogP contribution in [0.3, 0.4) is 0 Å². The second-order valence-corrected chi connectivity index (χ2v) is 6.54. The second kappa shape index (κ2) is 6.96. The van der Waals surface area contributed by atoms with Gasteiger partial charge < -0.3 is 0 Å². The van der Waals surface area contributed by atoms with Crippen molar-refractivity contribution in [3.63, 3.8) is 0 Å². The van der Waals surface area contributed by atoms with Crippen molar-refractivity contribution in [1.29, 1.82) is 0 Å². The lowest BCUT2D eigenvalue weighted by Crippen LogP contribution is -2.24. The molecule has 0 saturated carbocycles. The molecule has 0 N–H and O–H groups in total. The minimum Gasteiger partial charge on any atom is -0.268 e. The molecule has 4 aromatic rings. The van der Waals surface area contributed by atoms with Crippen LogP contribution in [0.4, 0.5) is 0 Å². The Morgan fingerprint density at radius 2 is 1.46 bits per heavy atom. The Morgan fingerprint density at radius 1 is 0.846 bits per heavy atom. The Morgan fingerprint density at radius 3 is 2.19 bits per heavy atom. The highest BCUT2D eigenvalue weighted by atomic mass is 16.1. The zero-order valence-corrected chi connectivity index (χ0v) is 14.7. The van der Waals surface area contributed by atoms with E-state index in [0.717, 1.165) is 17.0 Å². The molecule has 0 aliphatic carbocycles. The van der Waals surface area contributed by atoms with Crippen molar-refractivity contribution < 1.29 is 0 Å². The number of hydrogen-bond acceptors (Lipinski definition) is 2. The van der Waals surface area contributed by atoms with E-state index in [1.165, 1.54) is 5.56 Å². The smallest absolute Gasteiger partial charge is 0.265 e. The van der Waals surface area contributed by atoms with Crippen LogP contribution in [0.15, 0.2) is 89.7 Å². The molecule has 0 aliphatic heterocycles. The van der Waals surface area contributed by atoms with E-state index in [-0.39, 0.29) is 11.5 Å². The van der Waals surface area contributed by atoms with Gasteiger partial charge in [-0.15, -0.1) is 0 Å². The van der Waals surface area contributed by atoms with E-state index in [1.807, 2.05) is 72.8 Å². The fraction of sp³-hybridized carbons (Fsp3) is 0.130. The molecule has 0 spiro atoms. The number of para-hydroxylation sites is 2. The predicted octanol–water partition coefficient (Wildman–Crippen LogP) is 4.73. The topological polar surface area (TPSA) is 34.9 Å². The summed E-state index contributed by atoms with van der Waals surface area (Å²) in [5.41, 5.74) is 2.83. The normalized spacial score (nSPS) is 12.2. The summed E-state index contributed by atoms with van der Waals surface area (Å²) in [6.07, 6.45) is 0.693. The monoisotopic (exact) mass is 340 g/mol. The molecular formula is C23H20N2O. The first-order valence-electron chi connectivity index (χ1n) is 8.85. The van der Waals surface area contributed by atoms with E-state index in [4.69, 9.17) is 4.98 Å². The van der Waals surface area contributed by atoms with Crippen LogP contribution in [0.5, 0.6) is 0 Å². The summed E-state index contributed by atoms with van der Waals surface area (Å²) in [6.45, 7) is 2.17. The van der Waals surface area contributed by atoms with Crippen molar-refractivity contribution in [3.05, 3.63) is 107 Å². The largest absolute Gasteiger partial charge is 0.268 e. The van der Waals surface area contributed by atoms with E-state index < -0.39 is 0 Å². The molecule has 3 aromatic carbocycles. The minimum absolute atomic E-state index is 0.0166. The van der Waals surface area contributed by atoms with Crippen LogP contribution in [0.25, 0.3) is 16.6 Å². The number of nitrogens with zero attached hydrogens (tertiary/aromatic N) is 2. The molecule has 3 nitrogen and oxygen atoms in total. The first-order valence-corrected chi connectivity index (χ1v) is 8.85. The van der Waals surface area contributed by atoms with Crippen molar-refractivity contribution in [1.82, 2.24) is 9.55 Å². The van der Waals surface area contributed by atoms with E-state index >= 15 is 0 Å². The van der Waals surface area contributed by atoms with E-state index in [2.05, 4.69) is 19.1 Å². The van der Waals surface area contributed by atoms with Crippen LogP contribution in [0.1, 0.15) is 24.2 Å². The van der Waals surface area contributed by atoms with Crippen LogP contribution in [-0.2, 0) is 6.42 Å². The lowest BCUT2D eigenvalue weighted by Gasteiger charge is -2.17. The third-order valence-corrected chi connectivity index (χ3v) is 4.72. The molecule has 0 saturated heterocycles. The molecular weight excluding hydrogens is 320 g/mol. The van der Waals surface area contributed by atoms with Gasteiger partial charge in [-0.25, -0.2) is 4.98 Å². The average Bonchev–Trinajstić information content (AvgIpc) is 2.69. The highest BCUT2D eigenvalue weighted by Crippen LogP contribution is 2.21. The molecule has 0 amide bonds. The third kappa shape index (κ3) is 3.04. The van der Waals surface area contributed by atoms with Crippen LogP contribution < -0.4 is 5.56 Å². The summed E-state index contributed by atoms with van der Waals surface area (Å²) < 4.78 is 1.75. The molecule has 128 valence electrons. The quantitative estimate of drug-likeness (QED) is 0.538. The van der Waals surface area contributed by atoms with Gasteiger partial charge in [0.2, 0.25) is 0 Å². The standard InChI is InChI=1S/C23H20N2O/c1-17(18-10-4-2-5-11-18)16-22-24-21-15-9-8-14-20(21)23(26)25(22)19-12-6-3-7-13-19/h2-15,17H,16H2,1H3. The zero-order valence-electron chi connectivity index (χ0n) is 14.7. The molecule has 3 heteroatoms. The van der Waals surface area contributed by atoms with E-state index in [1.54, 1.807) is 4.57 Å². The van der Waals surface area contributed by atoms with Crippen LogP contribution in [-0.4, -0.2) is 9.55 Å². The summed E-state index contributed by atoms with van der Waals surface area (Å²) in [7, 11) is 0. The zero-order chi connectivity index (χ0) is 17.9. The molecule has 0 bridgehead atoms. The number of benzene rings is 3.